The van der Waals surface area contributed by atoms with Crippen molar-refractivity contribution >= 4 is 5.97 Å². The zero-order valence-electron chi connectivity index (χ0n) is 9.46. The molecule has 0 saturated heterocycles. The van der Waals surface area contributed by atoms with E-state index < -0.39 is 0 Å². The number of benzene rings is 1. The van der Waals surface area contributed by atoms with Gasteiger partial charge in [-0.25, -0.2) is 4.79 Å². The normalized spacial score (nSPS) is 10.1. The Kier molecular flexibility index (Phi) is 3.86. The monoisotopic (exact) mass is 207 g/mol. The predicted octanol–water partition coefficient (Wildman–Crippen LogP) is 1.59. The van der Waals surface area contributed by atoms with Gasteiger partial charge >= 0.3 is 5.97 Å². The lowest BCUT2D eigenvalue weighted by molar-refractivity contribution is 0.0600. The molecule has 0 atom stereocenters. The number of carbonyl (C=O) groups is 1. The maximum absolute atomic E-state index is 11.4. The van der Waals surface area contributed by atoms with Crippen LogP contribution in [0.4, 0.5) is 0 Å². The lowest BCUT2D eigenvalue weighted by Crippen LogP contribution is -2.09. The third-order valence-corrected chi connectivity index (χ3v) is 2.50. The summed E-state index contributed by atoms with van der Waals surface area (Å²) in [5.74, 6) is -0.286. The fourth-order valence-corrected chi connectivity index (χ4v) is 1.65. The molecule has 0 aromatic heterocycles. The molecule has 0 unspecified atom stereocenters. The maximum atomic E-state index is 11.4. The van der Waals surface area contributed by atoms with Crippen LogP contribution in [0.5, 0.6) is 0 Å². The summed E-state index contributed by atoms with van der Waals surface area (Å²) in [5, 5.41) is 0. The summed E-state index contributed by atoms with van der Waals surface area (Å²) < 4.78 is 4.72. The van der Waals surface area contributed by atoms with Crippen molar-refractivity contribution in [2.75, 3.05) is 13.7 Å². The van der Waals surface area contributed by atoms with Crippen molar-refractivity contribution in [1.82, 2.24) is 0 Å². The van der Waals surface area contributed by atoms with Crippen LogP contribution in [0.1, 0.15) is 27.0 Å². The largest absolute Gasteiger partial charge is 0.465 e. The van der Waals surface area contributed by atoms with Crippen LogP contribution in [0.3, 0.4) is 0 Å². The maximum Gasteiger partial charge on any atom is 0.338 e. The summed E-state index contributed by atoms with van der Waals surface area (Å²) in [6, 6.07) is 3.88. The number of hydrogen-bond donors (Lipinski definition) is 1. The van der Waals surface area contributed by atoms with Crippen LogP contribution in [0, 0.1) is 13.8 Å². The lowest BCUT2D eigenvalue weighted by atomic mass is 9.98. The number of hydrogen-bond acceptors (Lipinski definition) is 3. The molecule has 0 amide bonds. The molecule has 3 heteroatoms. The molecular weight excluding hydrogens is 190 g/mol. The van der Waals surface area contributed by atoms with E-state index in [0.29, 0.717) is 12.1 Å². The average molecular weight is 207 g/mol. The Bertz CT molecular complexity index is 372. The second-order valence-corrected chi connectivity index (χ2v) is 3.62. The molecular formula is C12H17NO2. The average Bonchev–Trinajstić information content (AvgIpc) is 2.21. The van der Waals surface area contributed by atoms with E-state index in [1.165, 1.54) is 12.7 Å². The Hall–Kier alpha value is -1.35. The Morgan fingerprint density at radius 1 is 1.33 bits per heavy atom. The highest BCUT2D eigenvalue weighted by Crippen LogP contribution is 2.17. The van der Waals surface area contributed by atoms with Crippen molar-refractivity contribution in [3.8, 4) is 0 Å². The molecule has 0 aliphatic rings. The third-order valence-electron chi connectivity index (χ3n) is 2.50. The van der Waals surface area contributed by atoms with Crippen LogP contribution in [0.15, 0.2) is 12.1 Å². The van der Waals surface area contributed by atoms with Gasteiger partial charge in [0.05, 0.1) is 12.7 Å². The molecule has 82 valence electrons. The van der Waals surface area contributed by atoms with Gasteiger partial charge in [0.1, 0.15) is 0 Å². The summed E-state index contributed by atoms with van der Waals surface area (Å²) in [7, 11) is 1.39. The van der Waals surface area contributed by atoms with E-state index in [4.69, 9.17) is 10.5 Å². The summed E-state index contributed by atoms with van der Waals surface area (Å²) in [4.78, 5) is 11.4. The van der Waals surface area contributed by atoms with Gasteiger partial charge < -0.3 is 10.5 Å². The zero-order valence-corrected chi connectivity index (χ0v) is 9.46. The zero-order chi connectivity index (χ0) is 11.4. The molecule has 0 fully saturated rings. The Morgan fingerprint density at radius 2 is 2.00 bits per heavy atom. The van der Waals surface area contributed by atoms with Crippen LogP contribution in [0.25, 0.3) is 0 Å². The Morgan fingerprint density at radius 3 is 2.53 bits per heavy atom. The molecule has 1 rings (SSSR count). The summed E-state index contributed by atoms with van der Waals surface area (Å²) >= 11 is 0. The molecule has 0 radical (unpaired) electrons. The van der Waals surface area contributed by atoms with Crippen molar-refractivity contribution in [3.05, 3.63) is 34.4 Å². The molecule has 0 spiro atoms. The van der Waals surface area contributed by atoms with E-state index in [2.05, 4.69) is 0 Å². The number of esters is 1. The number of nitrogens with two attached hydrogens (primary N) is 1. The topological polar surface area (TPSA) is 52.3 Å². The Balaban J connectivity index is 3.17. The molecule has 0 aliphatic carbocycles. The van der Waals surface area contributed by atoms with Gasteiger partial charge in [-0.2, -0.15) is 0 Å². The second-order valence-electron chi connectivity index (χ2n) is 3.62. The van der Waals surface area contributed by atoms with Crippen LogP contribution >= 0.6 is 0 Å². The van der Waals surface area contributed by atoms with Gasteiger partial charge in [0.15, 0.2) is 0 Å². The number of methoxy groups -OCH3 is 1. The van der Waals surface area contributed by atoms with E-state index in [0.717, 1.165) is 17.5 Å². The van der Waals surface area contributed by atoms with Crippen LogP contribution in [-0.2, 0) is 11.2 Å². The van der Waals surface area contributed by atoms with Crippen LogP contribution in [-0.4, -0.2) is 19.6 Å². The number of carbonyl (C=O) groups excluding carboxylic acids is 1. The van der Waals surface area contributed by atoms with Crippen molar-refractivity contribution in [3.63, 3.8) is 0 Å². The highest BCUT2D eigenvalue weighted by molar-refractivity contribution is 5.91. The van der Waals surface area contributed by atoms with E-state index >= 15 is 0 Å². The van der Waals surface area contributed by atoms with E-state index in [-0.39, 0.29) is 5.97 Å². The molecule has 2 N–H and O–H groups in total. The third kappa shape index (κ3) is 2.57. The highest BCUT2D eigenvalue weighted by Gasteiger charge is 2.11. The van der Waals surface area contributed by atoms with Crippen molar-refractivity contribution in [2.45, 2.75) is 20.3 Å². The van der Waals surface area contributed by atoms with Crippen LogP contribution < -0.4 is 5.73 Å². The van der Waals surface area contributed by atoms with Gasteiger partial charge in [0, 0.05) is 0 Å². The standard InChI is InChI=1S/C12H17NO2/c1-8-6-9(2)11(12(14)15-3)7-10(8)4-5-13/h6-7H,4-5,13H2,1-3H3. The molecule has 1 aromatic carbocycles. The minimum absolute atomic E-state index is 0.286. The highest BCUT2D eigenvalue weighted by atomic mass is 16.5. The molecule has 1 aromatic rings. The van der Waals surface area contributed by atoms with E-state index in [1.807, 2.05) is 26.0 Å². The second kappa shape index (κ2) is 4.94. The van der Waals surface area contributed by atoms with Crippen molar-refractivity contribution in [1.29, 1.82) is 0 Å². The van der Waals surface area contributed by atoms with E-state index in [1.54, 1.807) is 0 Å². The smallest absolute Gasteiger partial charge is 0.338 e. The summed E-state index contributed by atoms with van der Waals surface area (Å²) in [5.41, 5.74) is 9.37. The van der Waals surface area contributed by atoms with Gasteiger partial charge in [-0.05, 0) is 49.6 Å². The first-order chi connectivity index (χ1) is 7.10. The molecule has 0 bridgehead atoms. The number of ether oxygens (including phenoxy) is 1. The lowest BCUT2D eigenvalue weighted by Gasteiger charge is -2.10. The van der Waals surface area contributed by atoms with Crippen LogP contribution in [0.2, 0.25) is 0 Å². The van der Waals surface area contributed by atoms with Crippen molar-refractivity contribution < 1.29 is 9.53 Å². The first-order valence-electron chi connectivity index (χ1n) is 4.98. The molecule has 0 heterocycles. The minimum atomic E-state index is -0.286. The van der Waals surface area contributed by atoms with Gasteiger partial charge in [-0.1, -0.05) is 6.07 Å². The minimum Gasteiger partial charge on any atom is -0.465 e. The molecule has 3 nitrogen and oxygen atoms in total. The summed E-state index contributed by atoms with van der Waals surface area (Å²) in [6.07, 6.45) is 0.788. The molecule has 0 saturated carbocycles. The first-order valence-corrected chi connectivity index (χ1v) is 4.98. The molecule has 0 aliphatic heterocycles. The fourth-order valence-electron chi connectivity index (χ4n) is 1.65. The first kappa shape index (κ1) is 11.7. The van der Waals surface area contributed by atoms with Gasteiger partial charge in [-0.3, -0.25) is 0 Å². The van der Waals surface area contributed by atoms with Gasteiger partial charge in [-0.15, -0.1) is 0 Å². The van der Waals surface area contributed by atoms with Crippen molar-refractivity contribution in [2.24, 2.45) is 5.73 Å². The SMILES string of the molecule is COC(=O)c1cc(CCN)c(C)cc1C. The molecule has 15 heavy (non-hydrogen) atoms. The van der Waals surface area contributed by atoms with Gasteiger partial charge in [0.25, 0.3) is 0 Å². The van der Waals surface area contributed by atoms with Gasteiger partial charge in [0.2, 0.25) is 0 Å². The predicted molar refractivity (Wildman–Crippen MR) is 60.0 cm³/mol. The Labute approximate surface area is 90.2 Å². The quantitative estimate of drug-likeness (QED) is 0.766. The fraction of sp³-hybridized carbons (Fsp3) is 0.417. The number of aryl methyl sites for hydroxylation is 2. The number of rotatable bonds is 3. The van der Waals surface area contributed by atoms with E-state index in [9.17, 15) is 4.79 Å². The summed E-state index contributed by atoms with van der Waals surface area (Å²) in [6.45, 7) is 4.52.